The lowest BCUT2D eigenvalue weighted by Crippen LogP contribution is -2.43. The highest BCUT2D eigenvalue weighted by Gasteiger charge is 2.49. The van der Waals surface area contributed by atoms with Gasteiger partial charge in [-0.1, -0.05) is 12.1 Å². The summed E-state index contributed by atoms with van der Waals surface area (Å²) in [4.78, 5) is 14.9. The third-order valence-electron chi connectivity index (χ3n) is 5.46. The fourth-order valence-electron chi connectivity index (χ4n) is 4.24. The second-order valence-electron chi connectivity index (χ2n) is 6.58. The molecule has 2 aliphatic rings. The number of carbonyl (C=O) groups excluding carboxylic acids is 1. The summed E-state index contributed by atoms with van der Waals surface area (Å²) >= 11 is 0. The maximum absolute atomic E-state index is 14.0. The number of rotatable bonds is 3. The maximum Gasteiger partial charge on any atom is 0.254 e. The standard InChI is InChI=1S/C17H23FN2O2/c1-12-14(5-4-6-15(12)18)17(16(21)19-22)8-7-13(11-17)20-9-2-3-10-20/h4-6,13,22H,2-3,7-11H2,1H3,(H,19,21)/t13-,17+/m1/s1. The molecule has 2 N–H and O–H groups in total. The molecule has 0 spiro atoms. The Bertz CT molecular complexity index is 572. The smallest absolute Gasteiger partial charge is 0.254 e. The van der Waals surface area contributed by atoms with Crippen molar-refractivity contribution in [1.29, 1.82) is 0 Å². The van der Waals surface area contributed by atoms with Gasteiger partial charge in [-0.2, -0.15) is 0 Å². The van der Waals surface area contributed by atoms with Gasteiger partial charge in [0.05, 0.1) is 5.41 Å². The molecule has 2 fully saturated rings. The second-order valence-corrected chi connectivity index (χ2v) is 6.58. The van der Waals surface area contributed by atoms with E-state index in [-0.39, 0.29) is 5.82 Å². The lowest BCUT2D eigenvalue weighted by Gasteiger charge is -2.31. The van der Waals surface area contributed by atoms with Crippen LogP contribution < -0.4 is 5.48 Å². The average Bonchev–Trinajstić information content (AvgIpc) is 3.18. The van der Waals surface area contributed by atoms with Crippen molar-refractivity contribution in [3.05, 3.63) is 35.1 Å². The van der Waals surface area contributed by atoms with Crippen molar-refractivity contribution in [2.75, 3.05) is 13.1 Å². The highest BCUT2D eigenvalue weighted by atomic mass is 19.1. The Morgan fingerprint density at radius 2 is 2.14 bits per heavy atom. The third-order valence-corrected chi connectivity index (χ3v) is 5.46. The molecule has 0 bridgehead atoms. The molecule has 5 heteroatoms. The quantitative estimate of drug-likeness (QED) is 0.666. The van der Waals surface area contributed by atoms with Gasteiger partial charge in [-0.25, -0.2) is 9.87 Å². The fraction of sp³-hybridized carbons (Fsp3) is 0.588. The number of carbonyl (C=O) groups is 1. The van der Waals surface area contributed by atoms with Gasteiger partial charge in [0.15, 0.2) is 0 Å². The van der Waals surface area contributed by atoms with Crippen LogP contribution in [0.1, 0.15) is 43.2 Å². The van der Waals surface area contributed by atoms with E-state index in [0.29, 0.717) is 30.0 Å². The first-order valence-corrected chi connectivity index (χ1v) is 8.02. The number of amides is 1. The van der Waals surface area contributed by atoms with Crippen molar-refractivity contribution in [2.45, 2.75) is 50.5 Å². The Kier molecular flexibility index (Phi) is 4.19. The predicted octanol–water partition coefficient (Wildman–Crippen LogP) is 2.53. The molecule has 1 saturated heterocycles. The Morgan fingerprint density at radius 3 is 2.82 bits per heavy atom. The van der Waals surface area contributed by atoms with Gasteiger partial charge in [0.1, 0.15) is 5.82 Å². The fourth-order valence-corrected chi connectivity index (χ4v) is 4.24. The van der Waals surface area contributed by atoms with Gasteiger partial charge in [0.2, 0.25) is 0 Å². The minimum atomic E-state index is -0.825. The first-order valence-electron chi connectivity index (χ1n) is 8.02. The molecule has 0 unspecified atom stereocenters. The molecule has 1 aliphatic heterocycles. The summed E-state index contributed by atoms with van der Waals surface area (Å²) in [5.41, 5.74) is 2.22. The molecular formula is C17H23FN2O2. The van der Waals surface area contributed by atoms with Gasteiger partial charge in [-0.05, 0) is 69.3 Å². The highest BCUT2D eigenvalue weighted by Crippen LogP contribution is 2.45. The Labute approximate surface area is 130 Å². The van der Waals surface area contributed by atoms with Gasteiger partial charge in [-0.3, -0.25) is 10.0 Å². The van der Waals surface area contributed by atoms with E-state index in [2.05, 4.69) is 4.90 Å². The molecule has 1 aliphatic carbocycles. The van der Waals surface area contributed by atoms with Gasteiger partial charge in [0.25, 0.3) is 5.91 Å². The van der Waals surface area contributed by atoms with E-state index in [9.17, 15) is 14.4 Å². The molecule has 0 aromatic heterocycles. The van der Waals surface area contributed by atoms with Crippen LogP contribution in [0.3, 0.4) is 0 Å². The molecule has 1 saturated carbocycles. The summed E-state index contributed by atoms with van der Waals surface area (Å²) in [6.07, 6.45) is 4.60. The Hall–Kier alpha value is -1.46. The summed E-state index contributed by atoms with van der Waals surface area (Å²) in [6, 6.07) is 5.21. The van der Waals surface area contributed by atoms with Gasteiger partial charge < -0.3 is 4.90 Å². The van der Waals surface area contributed by atoms with Crippen LogP contribution in [0.4, 0.5) is 4.39 Å². The van der Waals surface area contributed by atoms with Crippen molar-refractivity contribution in [3.63, 3.8) is 0 Å². The van der Waals surface area contributed by atoms with E-state index < -0.39 is 11.3 Å². The van der Waals surface area contributed by atoms with Crippen molar-refractivity contribution >= 4 is 5.91 Å². The third kappa shape index (κ3) is 2.42. The zero-order chi connectivity index (χ0) is 15.7. The van der Waals surface area contributed by atoms with Crippen LogP contribution in [0.5, 0.6) is 0 Å². The van der Waals surface area contributed by atoms with E-state index in [1.54, 1.807) is 13.0 Å². The minimum Gasteiger partial charge on any atom is -0.300 e. The maximum atomic E-state index is 14.0. The first-order chi connectivity index (χ1) is 10.6. The molecule has 2 atom stereocenters. The molecular weight excluding hydrogens is 283 g/mol. The molecule has 120 valence electrons. The molecule has 1 aromatic carbocycles. The monoisotopic (exact) mass is 306 g/mol. The van der Waals surface area contributed by atoms with Crippen LogP contribution in [0.25, 0.3) is 0 Å². The molecule has 0 radical (unpaired) electrons. The molecule has 1 aromatic rings. The number of nitrogens with one attached hydrogen (secondary N) is 1. The van der Waals surface area contributed by atoms with E-state index in [1.165, 1.54) is 18.9 Å². The van der Waals surface area contributed by atoms with E-state index in [4.69, 9.17) is 0 Å². The zero-order valence-electron chi connectivity index (χ0n) is 12.9. The van der Waals surface area contributed by atoms with E-state index >= 15 is 0 Å². The lowest BCUT2D eigenvalue weighted by atomic mass is 9.76. The van der Waals surface area contributed by atoms with Crippen LogP contribution in [-0.2, 0) is 10.2 Å². The topological polar surface area (TPSA) is 52.6 Å². The van der Waals surface area contributed by atoms with E-state index in [0.717, 1.165) is 19.5 Å². The van der Waals surface area contributed by atoms with Crippen LogP contribution in [0.2, 0.25) is 0 Å². The first kappa shape index (κ1) is 15.4. The second kappa shape index (κ2) is 5.97. The summed E-state index contributed by atoms with van der Waals surface area (Å²) in [7, 11) is 0. The number of likely N-dealkylation sites (tertiary alicyclic amines) is 1. The number of halogens is 1. The lowest BCUT2D eigenvalue weighted by molar-refractivity contribution is -0.135. The molecule has 22 heavy (non-hydrogen) atoms. The van der Waals surface area contributed by atoms with Crippen molar-refractivity contribution < 1.29 is 14.4 Å². The van der Waals surface area contributed by atoms with Crippen LogP contribution >= 0.6 is 0 Å². The van der Waals surface area contributed by atoms with Crippen LogP contribution in [0.15, 0.2) is 18.2 Å². The molecule has 1 heterocycles. The van der Waals surface area contributed by atoms with Gasteiger partial charge in [-0.15, -0.1) is 0 Å². The van der Waals surface area contributed by atoms with Crippen molar-refractivity contribution in [2.24, 2.45) is 0 Å². The van der Waals surface area contributed by atoms with Crippen LogP contribution in [-0.4, -0.2) is 35.1 Å². The number of hydroxylamine groups is 1. The Morgan fingerprint density at radius 1 is 1.41 bits per heavy atom. The Balaban J connectivity index is 1.96. The number of hydrogen-bond acceptors (Lipinski definition) is 3. The molecule has 4 nitrogen and oxygen atoms in total. The van der Waals surface area contributed by atoms with E-state index in [1.807, 2.05) is 11.5 Å². The summed E-state index contributed by atoms with van der Waals surface area (Å²) in [6.45, 7) is 3.85. The zero-order valence-corrected chi connectivity index (χ0v) is 12.9. The minimum absolute atomic E-state index is 0.299. The summed E-state index contributed by atoms with van der Waals surface area (Å²) in [5, 5.41) is 9.23. The van der Waals surface area contributed by atoms with Crippen molar-refractivity contribution in [1.82, 2.24) is 10.4 Å². The summed E-state index contributed by atoms with van der Waals surface area (Å²) < 4.78 is 14.0. The van der Waals surface area contributed by atoms with Gasteiger partial charge in [0, 0.05) is 6.04 Å². The number of nitrogens with zero attached hydrogens (tertiary/aromatic N) is 1. The van der Waals surface area contributed by atoms with Crippen molar-refractivity contribution in [3.8, 4) is 0 Å². The largest absolute Gasteiger partial charge is 0.300 e. The molecule has 3 rings (SSSR count). The molecule has 1 amide bonds. The number of benzene rings is 1. The normalized spacial score (nSPS) is 29.0. The van der Waals surface area contributed by atoms with Gasteiger partial charge >= 0.3 is 0 Å². The predicted molar refractivity (Wildman–Crippen MR) is 81.2 cm³/mol. The van der Waals surface area contributed by atoms with Crippen LogP contribution in [0, 0.1) is 12.7 Å². The summed E-state index contributed by atoms with van der Waals surface area (Å²) in [5.74, 6) is -0.713. The SMILES string of the molecule is Cc1c(F)cccc1[C@]1(C(=O)NO)CC[C@@H](N2CCCC2)C1. The number of hydrogen-bond donors (Lipinski definition) is 2. The highest BCUT2D eigenvalue weighted by molar-refractivity contribution is 5.88. The average molecular weight is 306 g/mol.